The smallest absolute Gasteiger partial charge is 0.230 e. The molecule has 1 aromatic rings. The zero-order valence-corrected chi connectivity index (χ0v) is 18.7. The maximum atomic E-state index is 13.4. The second kappa shape index (κ2) is 8.93. The molecule has 1 aliphatic heterocycles. The molecule has 0 atom stereocenters. The second-order valence-electron chi connectivity index (χ2n) is 8.83. The molecule has 1 heterocycles. The van der Waals surface area contributed by atoms with E-state index in [1.807, 2.05) is 44.4 Å². The zero-order chi connectivity index (χ0) is 21.0. The van der Waals surface area contributed by atoms with Gasteiger partial charge in [-0.1, -0.05) is 44.2 Å². The average molecular weight is 410 g/mol. The van der Waals surface area contributed by atoms with Gasteiger partial charge in [-0.3, -0.25) is 4.79 Å². The minimum atomic E-state index is -3.23. The fourth-order valence-electron chi connectivity index (χ4n) is 4.13. The van der Waals surface area contributed by atoms with Gasteiger partial charge in [0.25, 0.3) is 0 Å². The molecule has 1 N–H and O–H groups in total. The second-order valence-corrected chi connectivity index (χ2v) is 11.1. The minimum absolute atomic E-state index is 0.000854. The van der Waals surface area contributed by atoms with Crippen molar-refractivity contribution in [3.8, 4) is 0 Å². The SMILES string of the molecule is CCS(=O)(=O)N1CCC(C(=O)NCC(C)(C)CN(C)C)(c2ccccc2)CC1. The highest BCUT2D eigenvalue weighted by molar-refractivity contribution is 7.89. The van der Waals surface area contributed by atoms with E-state index in [1.54, 1.807) is 6.92 Å². The van der Waals surface area contributed by atoms with Crippen molar-refractivity contribution in [1.82, 2.24) is 14.5 Å². The lowest BCUT2D eigenvalue weighted by Gasteiger charge is -2.41. The first-order valence-corrected chi connectivity index (χ1v) is 11.6. The van der Waals surface area contributed by atoms with Gasteiger partial charge in [0.2, 0.25) is 15.9 Å². The monoisotopic (exact) mass is 409 g/mol. The molecule has 0 unspecified atom stereocenters. The van der Waals surface area contributed by atoms with Gasteiger partial charge in [-0.05, 0) is 44.8 Å². The van der Waals surface area contributed by atoms with Gasteiger partial charge in [0.15, 0.2) is 0 Å². The number of nitrogens with one attached hydrogen (secondary N) is 1. The van der Waals surface area contributed by atoms with Crippen LogP contribution in [0.5, 0.6) is 0 Å². The Morgan fingerprint density at radius 2 is 1.75 bits per heavy atom. The topological polar surface area (TPSA) is 69.7 Å². The van der Waals surface area contributed by atoms with Gasteiger partial charge in [0.05, 0.1) is 11.2 Å². The highest BCUT2D eigenvalue weighted by Crippen LogP contribution is 2.37. The molecular weight excluding hydrogens is 374 g/mol. The van der Waals surface area contributed by atoms with Crippen LogP contribution in [0.1, 0.15) is 39.2 Å². The molecule has 1 aliphatic rings. The Balaban J connectivity index is 2.21. The molecule has 28 heavy (non-hydrogen) atoms. The van der Waals surface area contributed by atoms with Gasteiger partial charge < -0.3 is 10.2 Å². The van der Waals surface area contributed by atoms with Crippen LogP contribution in [0.15, 0.2) is 30.3 Å². The van der Waals surface area contributed by atoms with Crippen molar-refractivity contribution < 1.29 is 13.2 Å². The summed E-state index contributed by atoms with van der Waals surface area (Å²) in [6, 6.07) is 9.78. The Hall–Kier alpha value is -1.44. The third kappa shape index (κ3) is 5.33. The molecule has 1 amide bonds. The number of hydrogen-bond acceptors (Lipinski definition) is 4. The van der Waals surface area contributed by atoms with E-state index in [4.69, 9.17) is 0 Å². The number of hydrogen-bond donors (Lipinski definition) is 1. The molecule has 6 nitrogen and oxygen atoms in total. The van der Waals surface area contributed by atoms with Crippen molar-refractivity contribution in [2.75, 3.05) is 46.0 Å². The minimum Gasteiger partial charge on any atom is -0.355 e. The molecule has 0 radical (unpaired) electrons. The summed E-state index contributed by atoms with van der Waals surface area (Å²) in [5.41, 5.74) is 0.227. The van der Waals surface area contributed by atoms with Gasteiger partial charge in [-0.25, -0.2) is 12.7 Å². The number of carbonyl (C=O) groups is 1. The maximum Gasteiger partial charge on any atom is 0.230 e. The van der Waals surface area contributed by atoms with Crippen molar-refractivity contribution in [1.29, 1.82) is 0 Å². The quantitative estimate of drug-likeness (QED) is 0.714. The normalized spacial score (nSPS) is 18.2. The van der Waals surface area contributed by atoms with Crippen LogP contribution in [0, 0.1) is 5.41 Å². The maximum absolute atomic E-state index is 13.4. The first-order chi connectivity index (χ1) is 13.0. The summed E-state index contributed by atoms with van der Waals surface area (Å²) in [5, 5.41) is 3.17. The Kier molecular flexibility index (Phi) is 7.28. The lowest BCUT2D eigenvalue weighted by molar-refractivity contribution is -0.128. The van der Waals surface area contributed by atoms with Gasteiger partial charge >= 0.3 is 0 Å². The first kappa shape index (κ1) is 22.8. The van der Waals surface area contributed by atoms with Gasteiger partial charge in [-0.2, -0.15) is 0 Å². The molecule has 0 aromatic heterocycles. The Labute approximate surface area is 170 Å². The molecule has 1 aromatic carbocycles. The fraction of sp³-hybridized carbons (Fsp3) is 0.667. The van der Waals surface area contributed by atoms with Crippen LogP contribution in [0.4, 0.5) is 0 Å². The largest absolute Gasteiger partial charge is 0.355 e. The van der Waals surface area contributed by atoms with Crippen molar-refractivity contribution in [3.05, 3.63) is 35.9 Å². The van der Waals surface area contributed by atoms with E-state index >= 15 is 0 Å². The Morgan fingerprint density at radius 1 is 1.18 bits per heavy atom. The molecule has 158 valence electrons. The number of benzene rings is 1. The van der Waals surface area contributed by atoms with Crippen LogP contribution in [0.2, 0.25) is 0 Å². The molecule has 2 rings (SSSR count). The third-order valence-electron chi connectivity index (χ3n) is 5.57. The molecule has 7 heteroatoms. The van der Waals surface area contributed by atoms with E-state index in [-0.39, 0.29) is 17.1 Å². The van der Waals surface area contributed by atoms with Gasteiger partial charge in [-0.15, -0.1) is 0 Å². The van der Waals surface area contributed by atoms with E-state index in [9.17, 15) is 13.2 Å². The van der Waals surface area contributed by atoms with Crippen molar-refractivity contribution in [3.63, 3.8) is 0 Å². The molecule has 1 saturated heterocycles. The summed E-state index contributed by atoms with van der Waals surface area (Å²) in [5.74, 6) is 0.0927. The van der Waals surface area contributed by atoms with Crippen LogP contribution < -0.4 is 5.32 Å². The summed E-state index contributed by atoms with van der Waals surface area (Å²) >= 11 is 0. The zero-order valence-electron chi connectivity index (χ0n) is 17.9. The predicted molar refractivity (Wildman–Crippen MR) is 114 cm³/mol. The van der Waals surface area contributed by atoms with E-state index in [2.05, 4.69) is 24.1 Å². The lowest BCUT2D eigenvalue weighted by atomic mass is 9.72. The van der Waals surface area contributed by atoms with Crippen LogP contribution in [0.25, 0.3) is 0 Å². The summed E-state index contributed by atoms with van der Waals surface area (Å²) in [4.78, 5) is 15.5. The molecule has 0 spiro atoms. The van der Waals surface area contributed by atoms with Crippen molar-refractivity contribution in [2.45, 2.75) is 39.0 Å². The lowest BCUT2D eigenvalue weighted by Crippen LogP contribution is -2.54. The van der Waals surface area contributed by atoms with E-state index in [1.165, 1.54) is 4.31 Å². The highest BCUT2D eigenvalue weighted by Gasteiger charge is 2.44. The van der Waals surface area contributed by atoms with E-state index < -0.39 is 15.4 Å². The molecule has 0 bridgehead atoms. The predicted octanol–water partition coefficient (Wildman–Crippen LogP) is 2.07. The average Bonchev–Trinajstić information content (AvgIpc) is 2.66. The summed E-state index contributed by atoms with van der Waals surface area (Å²) in [6.45, 7) is 8.13. The van der Waals surface area contributed by atoms with Crippen molar-refractivity contribution in [2.24, 2.45) is 5.41 Å². The van der Waals surface area contributed by atoms with Gasteiger partial charge in [0.1, 0.15) is 0 Å². The Morgan fingerprint density at radius 3 is 2.25 bits per heavy atom. The van der Waals surface area contributed by atoms with E-state index in [0.29, 0.717) is 32.5 Å². The number of amides is 1. The van der Waals surface area contributed by atoms with Crippen LogP contribution in [-0.4, -0.2) is 69.6 Å². The number of sulfonamides is 1. The summed E-state index contributed by atoms with van der Waals surface area (Å²) in [6.07, 6.45) is 0.992. The number of carbonyl (C=O) groups excluding carboxylic acids is 1. The number of nitrogens with zero attached hydrogens (tertiary/aromatic N) is 2. The van der Waals surface area contributed by atoms with Gasteiger partial charge in [0, 0.05) is 26.2 Å². The van der Waals surface area contributed by atoms with E-state index in [0.717, 1.165) is 12.1 Å². The van der Waals surface area contributed by atoms with Crippen LogP contribution >= 0.6 is 0 Å². The third-order valence-corrected chi connectivity index (χ3v) is 7.45. The Bertz CT molecular complexity index is 752. The standard InChI is InChI=1S/C21H35N3O3S/c1-6-28(26,27)24-14-12-21(13-15-24,18-10-8-7-9-11-18)19(25)22-16-20(2,3)17-23(4)5/h7-11H,6,12-17H2,1-5H3,(H,22,25). The number of rotatable bonds is 8. The fourth-order valence-corrected chi connectivity index (χ4v) is 5.24. The molecule has 1 fully saturated rings. The van der Waals surface area contributed by atoms with Crippen molar-refractivity contribution >= 4 is 15.9 Å². The van der Waals surface area contributed by atoms with Crippen LogP contribution in [0.3, 0.4) is 0 Å². The van der Waals surface area contributed by atoms with Crippen LogP contribution in [-0.2, 0) is 20.2 Å². The number of piperidine rings is 1. The molecule has 0 aliphatic carbocycles. The molecular formula is C21H35N3O3S. The molecule has 0 saturated carbocycles. The summed E-state index contributed by atoms with van der Waals surface area (Å²) < 4.78 is 26.0. The summed E-state index contributed by atoms with van der Waals surface area (Å²) in [7, 11) is 0.821. The first-order valence-electron chi connectivity index (χ1n) is 9.99. The highest BCUT2D eigenvalue weighted by atomic mass is 32.2.